The van der Waals surface area contributed by atoms with Crippen LogP contribution in [-0.2, 0) is 4.79 Å². The van der Waals surface area contributed by atoms with Gasteiger partial charge in [-0.1, -0.05) is 24.3 Å². The van der Waals surface area contributed by atoms with E-state index in [2.05, 4.69) is 11.4 Å². The summed E-state index contributed by atoms with van der Waals surface area (Å²) in [6.45, 7) is 0.835. The maximum atomic E-state index is 13.9. The van der Waals surface area contributed by atoms with Crippen molar-refractivity contribution in [2.24, 2.45) is 5.92 Å². The van der Waals surface area contributed by atoms with Crippen LogP contribution in [0.2, 0.25) is 0 Å². The minimum atomic E-state index is -0.181. The molecule has 1 aromatic heterocycles. The first-order chi connectivity index (χ1) is 10.8. The Labute approximate surface area is 133 Å². The highest BCUT2D eigenvalue weighted by Crippen LogP contribution is 2.51. The Morgan fingerprint density at radius 1 is 1.23 bits per heavy atom. The molecule has 0 radical (unpaired) electrons. The van der Waals surface area contributed by atoms with Gasteiger partial charge in [0.15, 0.2) is 0 Å². The second kappa shape index (κ2) is 5.51. The van der Waals surface area contributed by atoms with Gasteiger partial charge in [-0.2, -0.15) is 0 Å². The lowest BCUT2D eigenvalue weighted by molar-refractivity contribution is -0.133. The van der Waals surface area contributed by atoms with Gasteiger partial charge in [0, 0.05) is 17.3 Å². The van der Waals surface area contributed by atoms with E-state index in [0.29, 0.717) is 5.56 Å². The Hall–Kier alpha value is -1.68. The molecule has 114 valence electrons. The van der Waals surface area contributed by atoms with Crippen molar-refractivity contribution in [1.82, 2.24) is 4.90 Å². The van der Waals surface area contributed by atoms with E-state index < -0.39 is 0 Å². The van der Waals surface area contributed by atoms with Crippen molar-refractivity contribution in [2.75, 3.05) is 6.54 Å². The van der Waals surface area contributed by atoms with Gasteiger partial charge in [-0.25, -0.2) is 4.39 Å². The second-order valence-electron chi connectivity index (χ2n) is 6.18. The predicted octanol–water partition coefficient (Wildman–Crippen LogP) is 4.35. The lowest BCUT2D eigenvalue weighted by Gasteiger charge is -2.24. The highest BCUT2D eigenvalue weighted by Gasteiger charge is 2.48. The van der Waals surface area contributed by atoms with Gasteiger partial charge in [-0.3, -0.25) is 4.79 Å². The molecule has 2 heterocycles. The number of rotatable bonds is 3. The van der Waals surface area contributed by atoms with Crippen molar-refractivity contribution in [3.05, 3.63) is 58.0 Å². The molecule has 4 heteroatoms. The van der Waals surface area contributed by atoms with E-state index in [-0.39, 0.29) is 29.6 Å². The lowest BCUT2D eigenvalue weighted by atomic mass is 10.1. The molecule has 0 spiro atoms. The van der Waals surface area contributed by atoms with Gasteiger partial charge < -0.3 is 4.90 Å². The first kappa shape index (κ1) is 13.9. The lowest BCUT2D eigenvalue weighted by Crippen LogP contribution is -2.31. The topological polar surface area (TPSA) is 20.3 Å². The number of nitrogens with zero attached hydrogens (tertiary/aromatic N) is 1. The molecular formula is C18H18FNOS. The van der Waals surface area contributed by atoms with Gasteiger partial charge in [0.2, 0.25) is 5.91 Å². The molecule has 1 aliphatic carbocycles. The second-order valence-corrected chi connectivity index (χ2v) is 7.15. The van der Waals surface area contributed by atoms with Crippen molar-refractivity contribution in [2.45, 2.75) is 31.2 Å². The fraction of sp³-hybridized carbons (Fsp3) is 0.389. The molecule has 1 saturated heterocycles. The van der Waals surface area contributed by atoms with Gasteiger partial charge in [-0.15, -0.1) is 11.3 Å². The normalized spacial score (nSPS) is 27.1. The summed E-state index contributed by atoms with van der Waals surface area (Å²) in [5, 5.41) is 2.07. The molecule has 2 aliphatic rings. The fourth-order valence-electron chi connectivity index (χ4n) is 3.61. The number of likely N-dealkylation sites (tertiary alicyclic amines) is 1. The Morgan fingerprint density at radius 2 is 2.09 bits per heavy atom. The zero-order valence-electron chi connectivity index (χ0n) is 12.2. The van der Waals surface area contributed by atoms with Gasteiger partial charge in [0.1, 0.15) is 5.82 Å². The Bertz CT molecular complexity index is 684. The minimum Gasteiger partial charge on any atom is -0.335 e. The van der Waals surface area contributed by atoms with Crippen LogP contribution in [-0.4, -0.2) is 17.4 Å². The third-order valence-corrected chi connectivity index (χ3v) is 5.79. The fourth-order valence-corrected chi connectivity index (χ4v) is 4.48. The summed E-state index contributed by atoms with van der Waals surface area (Å²) < 4.78 is 13.9. The maximum absolute atomic E-state index is 13.9. The van der Waals surface area contributed by atoms with E-state index >= 15 is 0 Å². The first-order valence-corrected chi connectivity index (χ1v) is 8.72. The summed E-state index contributed by atoms with van der Waals surface area (Å²) in [4.78, 5) is 16.1. The van der Waals surface area contributed by atoms with Gasteiger partial charge in [0.05, 0.1) is 6.04 Å². The Morgan fingerprint density at radius 3 is 2.86 bits per heavy atom. The average Bonchev–Trinajstić information content (AvgIpc) is 2.93. The van der Waals surface area contributed by atoms with E-state index in [0.717, 1.165) is 25.8 Å². The van der Waals surface area contributed by atoms with Crippen molar-refractivity contribution in [3.8, 4) is 0 Å². The summed E-state index contributed by atoms with van der Waals surface area (Å²) in [5.74, 6) is 0.0685. The third-order valence-electron chi connectivity index (χ3n) is 4.82. The molecule has 2 aromatic rings. The largest absolute Gasteiger partial charge is 0.335 e. The number of hydrogen-bond donors (Lipinski definition) is 0. The molecule has 0 bridgehead atoms. The number of amides is 1. The van der Waals surface area contributed by atoms with Crippen LogP contribution in [0.1, 0.15) is 41.7 Å². The maximum Gasteiger partial charge on any atom is 0.226 e. The van der Waals surface area contributed by atoms with Crippen molar-refractivity contribution in [3.63, 3.8) is 0 Å². The van der Waals surface area contributed by atoms with Crippen LogP contribution in [0.25, 0.3) is 0 Å². The van der Waals surface area contributed by atoms with Crippen LogP contribution in [0.15, 0.2) is 41.8 Å². The van der Waals surface area contributed by atoms with Gasteiger partial charge in [-0.05, 0) is 48.3 Å². The van der Waals surface area contributed by atoms with Crippen molar-refractivity contribution < 1.29 is 9.18 Å². The molecule has 3 atom stereocenters. The standard InChI is InChI=1S/C18H18FNOS/c19-15-6-2-1-5-12(15)13-11-14(13)18(21)20-9-3-7-16(20)17-8-4-10-22-17/h1-2,4-6,8,10,13-14,16H,3,7,9,11H2. The number of hydrogen-bond acceptors (Lipinski definition) is 2. The average molecular weight is 315 g/mol. The summed E-state index contributed by atoms with van der Waals surface area (Å²) >= 11 is 1.72. The molecule has 4 rings (SSSR count). The van der Waals surface area contributed by atoms with Crippen LogP contribution in [0.3, 0.4) is 0 Å². The number of carbonyl (C=O) groups is 1. The SMILES string of the molecule is O=C(C1CC1c1ccccc1F)N1CCCC1c1cccs1. The quantitative estimate of drug-likeness (QED) is 0.824. The van der Waals surface area contributed by atoms with E-state index in [1.807, 2.05) is 23.1 Å². The van der Waals surface area contributed by atoms with Gasteiger partial charge >= 0.3 is 0 Å². The van der Waals surface area contributed by atoms with E-state index in [1.165, 1.54) is 10.9 Å². The van der Waals surface area contributed by atoms with Crippen LogP contribution >= 0.6 is 11.3 Å². The van der Waals surface area contributed by atoms with Crippen LogP contribution in [0.5, 0.6) is 0 Å². The van der Waals surface area contributed by atoms with Gasteiger partial charge in [0.25, 0.3) is 0 Å². The van der Waals surface area contributed by atoms with E-state index in [4.69, 9.17) is 0 Å². The molecule has 0 N–H and O–H groups in total. The molecule has 22 heavy (non-hydrogen) atoms. The summed E-state index contributed by atoms with van der Waals surface area (Å²) in [5.41, 5.74) is 0.702. The first-order valence-electron chi connectivity index (χ1n) is 7.84. The highest BCUT2D eigenvalue weighted by atomic mass is 32.1. The summed E-state index contributed by atoms with van der Waals surface area (Å²) in [6.07, 6.45) is 2.89. The van der Waals surface area contributed by atoms with E-state index in [1.54, 1.807) is 17.4 Å². The zero-order valence-corrected chi connectivity index (χ0v) is 13.1. The molecule has 1 aromatic carbocycles. The Balaban J connectivity index is 1.50. The van der Waals surface area contributed by atoms with Crippen molar-refractivity contribution in [1.29, 1.82) is 0 Å². The molecular weight excluding hydrogens is 297 g/mol. The van der Waals surface area contributed by atoms with Crippen LogP contribution in [0, 0.1) is 11.7 Å². The van der Waals surface area contributed by atoms with Crippen molar-refractivity contribution >= 4 is 17.2 Å². The Kier molecular flexibility index (Phi) is 3.49. The number of carbonyl (C=O) groups excluding carboxylic acids is 1. The molecule has 3 unspecified atom stereocenters. The van der Waals surface area contributed by atoms with E-state index in [9.17, 15) is 9.18 Å². The molecule has 1 amide bonds. The number of thiophene rings is 1. The molecule has 1 saturated carbocycles. The number of halogens is 1. The smallest absolute Gasteiger partial charge is 0.226 e. The monoisotopic (exact) mass is 315 g/mol. The minimum absolute atomic E-state index is 0.0301. The molecule has 1 aliphatic heterocycles. The third kappa shape index (κ3) is 2.35. The van der Waals surface area contributed by atoms with Crippen LogP contribution in [0.4, 0.5) is 4.39 Å². The zero-order chi connectivity index (χ0) is 15.1. The molecule has 2 nitrogen and oxygen atoms in total. The van der Waals surface area contributed by atoms with Crippen LogP contribution < -0.4 is 0 Å². The number of benzene rings is 1. The highest BCUT2D eigenvalue weighted by molar-refractivity contribution is 7.10. The predicted molar refractivity (Wildman–Crippen MR) is 85.3 cm³/mol. The molecule has 2 fully saturated rings. The summed E-state index contributed by atoms with van der Waals surface area (Å²) in [6, 6.07) is 11.2. The summed E-state index contributed by atoms with van der Waals surface area (Å²) in [7, 11) is 0.